The number of guanidine groups is 1. The first-order chi connectivity index (χ1) is 9.83. The van der Waals surface area contributed by atoms with Crippen LogP contribution in [0, 0.1) is 0 Å². The van der Waals surface area contributed by atoms with Crippen LogP contribution in [0.3, 0.4) is 0 Å². The second-order valence-electron chi connectivity index (χ2n) is 4.81. The third-order valence-corrected chi connectivity index (χ3v) is 4.45. The van der Waals surface area contributed by atoms with E-state index in [1.54, 1.807) is 19.0 Å². The van der Waals surface area contributed by atoms with Gasteiger partial charge < -0.3 is 15.4 Å². The minimum atomic E-state index is 0. The number of halogens is 1. The van der Waals surface area contributed by atoms with Gasteiger partial charge in [-0.05, 0) is 23.4 Å². The molecule has 0 unspecified atom stereocenters. The Balaban J connectivity index is 0.00000220. The number of fused-ring (bicyclic) bond motifs is 1. The van der Waals surface area contributed by atoms with Crippen molar-refractivity contribution in [3.8, 4) is 0 Å². The monoisotopic (exact) mass is 424 g/mol. The molecule has 0 atom stereocenters. The largest absolute Gasteiger partial charge is 0.383 e. The van der Waals surface area contributed by atoms with Crippen molar-refractivity contribution in [3.63, 3.8) is 0 Å². The van der Waals surface area contributed by atoms with Crippen LogP contribution in [0.25, 0.3) is 0 Å². The number of ether oxygens (including phenoxy) is 1. The molecular formula is C14H25IN4OS. The number of rotatable bonds is 6. The summed E-state index contributed by atoms with van der Waals surface area (Å²) in [4.78, 5) is 8.24. The molecule has 1 aromatic rings. The highest BCUT2D eigenvalue weighted by Gasteiger charge is 2.16. The molecule has 0 saturated carbocycles. The van der Waals surface area contributed by atoms with Crippen LogP contribution in [0.15, 0.2) is 16.4 Å². The van der Waals surface area contributed by atoms with Gasteiger partial charge in [-0.25, -0.2) is 0 Å². The van der Waals surface area contributed by atoms with Crippen molar-refractivity contribution in [2.75, 3.05) is 46.9 Å². The van der Waals surface area contributed by atoms with E-state index in [0.29, 0.717) is 6.61 Å². The van der Waals surface area contributed by atoms with E-state index >= 15 is 0 Å². The summed E-state index contributed by atoms with van der Waals surface area (Å²) in [5.41, 5.74) is 1.50. The Bertz CT molecular complexity index is 438. The number of aliphatic imine (C=N–C) groups is 1. The SMILES string of the molecule is CN=C(NCCOC)NCCN1CCc2sccc2C1.I. The van der Waals surface area contributed by atoms with E-state index in [1.165, 1.54) is 12.0 Å². The Morgan fingerprint density at radius 1 is 1.43 bits per heavy atom. The molecule has 120 valence electrons. The van der Waals surface area contributed by atoms with Crippen LogP contribution in [0.1, 0.15) is 10.4 Å². The van der Waals surface area contributed by atoms with Crippen LogP contribution in [0.4, 0.5) is 0 Å². The minimum absolute atomic E-state index is 0. The Morgan fingerprint density at radius 2 is 2.24 bits per heavy atom. The molecule has 0 amide bonds. The fourth-order valence-corrected chi connectivity index (χ4v) is 3.21. The number of hydrogen-bond donors (Lipinski definition) is 2. The second kappa shape index (κ2) is 10.4. The van der Waals surface area contributed by atoms with Crippen molar-refractivity contribution in [2.45, 2.75) is 13.0 Å². The van der Waals surface area contributed by atoms with Gasteiger partial charge in [0.15, 0.2) is 5.96 Å². The normalized spacial score (nSPS) is 15.2. The van der Waals surface area contributed by atoms with Gasteiger partial charge in [0.05, 0.1) is 6.61 Å². The topological polar surface area (TPSA) is 48.9 Å². The van der Waals surface area contributed by atoms with Crippen LogP contribution in [0.2, 0.25) is 0 Å². The average molecular weight is 424 g/mol. The fourth-order valence-electron chi connectivity index (χ4n) is 2.32. The van der Waals surface area contributed by atoms with E-state index in [0.717, 1.165) is 38.7 Å². The van der Waals surface area contributed by atoms with E-state index in [9.17, 15) is 0 Å². The zero-order chi connectivity index (χ0) is 14.2. The first-order valence-corrected chi connectivity index (χ1v) is 7.92. The van der Waals surface area contributed by atoms with E-state index in [1.807, 2.05) is 11.3 Å². The number of hydrogen-bond acceptors (Lipinski definition) is 4. The molecule has 0 fully saturated rings. The Morgan fingerprint density at radius 3 is 3.00 bits per heavy atom. The molecule has 2 rings (SSSR count). The number of nitrogens with one attached hydrogen (secondary N) is 2. The first kappa shape index (κ1) is 18.7. The van der Waals surface area contributed by atoms with Crippen LogP contribution in [-0.2, 0) is 17.7 Å². The number of nitrogens with zero attached hydrogens (tertiary/aromatic N) is 2. The summed E-state index contributed by atoms with van der Waals surface area (Å²) in [6, 6.07) is 2.25. The van der Waals surface area contributed by atoms with Crippen molar-refractivity contribution in [2.24, 2.45) is 4.99 Å². The van der Waals surface area contributed by atoms with Crippen LogP contribution >= 0.6 is 35.3 Å². The van der Waals surface area contributed by atoms with Gasteiger partial charge >= 0.3 is 0 Å². The molecule has 0 aromatic carbocycles. The third-order valence-electron chi connectivity index (χ3n) is 3.43. The molecule has 7 heteroatoms. The smallest absolute Gasteiger partial charge is 0.191 e. The highest BCUT2D eigenvalue weighted by molar-refractivity contribution is 14.0. The maximum absolute atomic E-state index is 5.01. The third kappa shape index (κ3) is 6.09. The molecule has 21 heavy (non-hydrogen) atoms. The molecule has 0 aliphatic carbocycles. The van der Waals surface area contributed by atoms with Crippen LogP contribution < -0.4 is 10.6 Å². The molecule has 0 bridgehead atoms. The molecule has 0 radical (unpaired) electrons. The lowest BCUT2D eigenvalue weighted by Crippen LogP contribution is -2.43. The summed E-state index contributed by atoms with van der Waals surface area (Å²) in [6.07, 6.45) is 1.19. The van der Waals surface area contributed by atoms with Crippen molar-refractivity contribution < 1.29 is 4.74 Å². The Kier molecular flexibility index (Phi) is 9.21. The molecule has 2 N–H and O–H groups in total. The van der Waals surface area contributed by atoms with E-state index in [4.69, 9.17) is 4.74 Å². The van der Waals surface area contributed by atoms with Crippen LogP contribution in [-0.4, -0.2) is 57.8 Å². The maximum atomic E-state index is 5.01. The standard InChI is InChI=1S/C14H24N4OS.HI/c1-15-14(17-6-9-19-2)16-5-8-18-7-3-13-12(11-18)4-10-20-13;/h4,10H,3,5-9,11H2,1-2H3,(H2,15,16,17);1H. The number of methoxy groups -OCH3 is 1. The molecule has 2 heterocycles. The predicted molar refractivity (Wildman–Crippen MR) is 100.0 cm³/mol. The van der Waals surface area contributed by atoms with Gasteiger partial charge in [-0.1, -0.05) is 0 Å². The van der Waals surface area contributed by atoms with Gasteiger partial charge in [-0.3, -0.25) is 9.89 Å². The maximum Gasteiger partial charge on any atom is 0.191 e. The van der Waals surface area contributed by atoms with Gasteiger partial charge in [0, 0.05) is 51.8 Å². The second-order valence-corrected chi connectivity index (χ2v) is 5.81. The zero-order valence-electron chi connectivity index (χ0n) is 12.7. The summed E-state index contributed by atoms with van der Waals surface area (Å²) < 4.78 is 5.01. The molecular weight excluding hydrogens is 399 g/mol. The lowest BCUT2D eigenvalue weighted by Gasteiger charge is -2.27. The Hall–Kier alpha value is -0.380. The summed E-state index contributed by atoms with van der Waals surface area (Å²) >= 11 is 1.89. The average Bonchev–Trinajstić information content (AvgIpc) is 2.93. The molecule has 1 aliphatic heterocycles. The lowest BCUT2D eigenvalue weighted by atomic mass is 10.1. The fraction of sp³-hybridized carbons (Fsp3) is 0.643. The van der Waals surface area contributed by atoms with E-state index in [2.05, 4.69) is 32.0 Å². The quantitative estimate of drug-likeness (QED) is 0.315. The van der Waals surface area contributed by atoms with E-state index in [-0.39, 0.29) is 24.0 Å². The van der Waals surface area contributed by atoms with Gasteiger partial charge in [0.2, 0.25) is 0 Å². The van der Waals surface area contributed by atoms with Gasteiger partial charge in [-0.2, -0.15) is 0 Å². The van der Waals surface area contributed by atoms with Gasteiger partial charge in [0.25, 0.3) is 0 Å². The van der Waals surface area contributed by atoms with Crippen molar-refractivity contribution >= 4 is 41.3 Å². The summed E-state index contributed by atoms with van der Waals surface area (Å²) in [7, 11) is 3.49. The van der Waals surface area contributed by atoms with Crippen LogP contribution in [0.5, 0.6) is 0 Å². The lowest BCUT2D eigenvalue weighted by molar-refractivity contribution is 0.203. The molecule has 1 aliphatic rings. The zero-order valence-corrected chi connectivity index (χ0v) is 15.9. The summed E-state index contributed by atoms with van der Waals surface area (Å²) in [6.45, 7) is 5.65. The molecule has 0 spiro atoms. The molecule has 0 saturated heterocycles. The Labute approximate surface area is 148 Å². The van der Waals surface area contributed by atoms with Crippen molar-refractivity contribution in [1.29, 1.82) is 0 Å². The van der Waals surface area contributed by atoms with Crippen molar-refractivity contribution in [1.82, 2.24) is 15.5 Å². The predicted octanol–water partition coefficient (Wildman–Crippen LogP) is 1.54. The van der Waals surface area contributed by atoms with Crippen molar-refractivity contribution in [3.05, 3.63) is 21.9 Å². The highest BCUT2D eigenvalue weighted by atomic mass is 127. The first-order valence-electron chi connectivity index (χ1n) is 7.04. The van der Waals surface area contributed by atoms with Gasteiger partial charge in [0.1, 0.15) is 0 Å². The van der Waals surface area contributed by atoms with Gasteiger partial charge in [-0.15, -0.1) is 35.3 Å². The minimum Gasteiger partial charge on any atom is -0.383 e. The highest BCUT2D eigenvalue weighted by Crippen LogP contribution is 2.23. The number of thiophene rings is 1. The van der Waals surface area contributed by atoms with E-state index < -0.39 is 0 Å². The molecule has 1 aromatic heterocycles. The summed E-state index contributed by atoms with van der Waals surface area (Å²) in [5, 5.41) is 8.76. The summed E-state index contributed by atoms with van der Waals surface area (Å²) in [5.74, 6) is 0.843. The molecule has 5 nitrogen and oxygen atoms in total.